The summed E-state index contributed by atoms with van der Waals surface area (Å²) in [6.07, 6.45) is 2.00. The molecule has 0 aliphatic heterocycles. The van der Waals surface area contributed by atoms with Crippen LogP contribution in [0.3, 0.4) is 0 Å². The van der Waals surface area contributed by atoms with Crippen molar-refractivity contribution in [2.45, 2.75) is 46.6 Å². The van der Waals surface area contributed by atoms with Crippen LogP contribution in [0.15, 0.2) is 24.3 Å². The van der Waals surface area contributed by atoms with Crippen LogP contribution >= 0.6 is 0 Å². The van der Waals surface area contributed by atoms with E-state index in [1.807, 2.05) is 0 Å². The summed E-state index contributed by atoms with van der Waals surface area (Å²) in [5.41, 5.74) is 0.851. The summed E-state index contributed by atoms with van der Waals surface area (Å²) < 4.78 is 32.0. The van der Waals surface area contributed by atoms with E-state index in [4.69, 9.17) is 8.92 Å². The van der Waals surface area contributed by atoms with Gasteiger partial charge in [-0.2, -0.15) is 8.42 Å². The van der Waals surface area contributed by atoms with Crippen molar-refractivity contribution in [1.82, 2.24) is 4.90 Å². The predicted molar refractivity (Wildman–Crippen MR) is 103 cm³/mol. The molecule has 0 heterocycles. The molecule has 152 valence electrons. The van der Waals surface area contributed by atoms with Crippen molar-refractivity contribution in [2.24, 2.45) is 5.92 Å². The largest absolute Gasteiger partial charge is 0.466 e. The number of benzene rings is 1. The Balaban J connectivity index is 2.75. The van der Waals surface area contributed by atoms with E-state index in [0.717, 1.165) is 18.2 Å². The molecule has 0 aliphatic carbocycles. The van der Waals surface area contributed by atoms with E-state index in [-0.39, 0.29) is 30.5 Å². The van der Waals surface area contributed by atoms with Crippen LogP contribution in [0.5, 0.6) is 5.75 Å². The molecule has 0 radical (unpaired) electrons. The maximum absolute atomic E-state index is 12.5. The highest BCUT2D eigenvalue weighted by molar-refractivity contribution is 7.86. The van der Waals surface area contributed by atoms with Crippen molar-refractivity contribution in [3.05, 3.63) is 29.8 Å². The first-order valence-electron chi connectivity index (χ1n) is 9.02. The molecule has 8 heteroatoms. The summed E-state index contributed by atoms with van der Waals surface area (Å²) in [5.74, 6) is 0.177. The van der Waals surface area contributed by atoms with Gasteiger partial charge in [-0.25, -0.2) is 0 Å². The highest BCUT2D eigenvalue weighted by Gasteiger charge is 2.17. The summed E-state index contributed by atoms with van der Waals surface area (Å²) in [7, 11) is -3.57. The van der Waals surface area contributed by atoms with Gasteiger partial charge in [0, 0.05) is 19.5 Å². The van der Waals surface area contributed by atoms with Gasteiger partial charge in [0.2, 0.25) is 5.91 Å². The average molecular weight is 400 g/mol. The van der Waals surface area contributed by atoms with Crippen molar-refractivity contribution < 1.29 is 26.9 Å². The Morgan fingerprint density at radius 3 is 2.26 bits per heavy atom. The lowest BCUT2D eigenvalue weighted by atomic mass is 10.1. The fourth-order valence-electron chi connectivity index (χ4n) is 2.35. The van der Waals surface area contributed by atoms with E-state index in [1.165, 1.54) is 0 Å². The minimum Gasteiger partial charge on any atom is -0.466 e. The molecule has 0 spiro atoms. The number of rotatable bonds is 11. The monoisotopic (exact) mass is 399 g/mol. The van der Waals surface area contributed by atoms with Gasteiger partial charge < -0.3 is 13.8 Å². The Labute approximate surface area is 161 Å². The van der Waals surface area contributed by atoms with Gasteiger partial charge in [-0.15, -0.1) is 0 Å². The zero-order chi connectivity index (χ0) is 20.4. The molecule has 1 amide bonds. The van der Waals surface area contributed by atoms with Crippen LogP contribution in [-0.4, -0.2) is 44.6 Å². The molecule has 0 aliphatic rings. The SMILES string of the molecule is CCOC(=O)CCC(=O)N(CCC(C)C)Cc1ccc(OS(C)(=O)=O)cc1. The fraction of sp³-hybridized carbons (Fsp3) is 0.579. The Bertz CT molecular complexity index is 712. The predicted octanol–water partition coefficient (Wildman–Crippen LogP) is 2.74. The van der Waals surface area contributed by atoms with Gasteiger partial charge >= 0.3 is 16.1 Å². The number of ether oxygens (including phenoxy) is 1. The highest BCUT2D eigenvalue weighted by Crippen LogP contribution is 2.16. The zero-order valence-electron chi connectivity index (χ0n) is 16.4. The second-order valence-electron chi connectivity index (χ2n) is 6.73. The van der Waals surface area contributed by atoms with Gasteiger partial charge in [0.25, 0.3) is 0 Å². The minimum atomic E-state index is -3.57. The third kappa shape index (κ3) is 9.98. The summed E-state index contributed by atoms with van der Waals surface area (Å²) in [6, 6.07) is 6.56. The topological polar surface area (TPSA) is 90.0 Å². The Kier molecular flexibility index (Phi) is 9.28. The number of nitrogens with zero attached hydrogens (tertiary/aromatic N) is 1. The first kappa shape index (κ1) is 23.0. The molecule has 7 nitrogen and oxygen atoms in total. The average Bonchev–Trinajstić information content (AvgIpc) is 2.56. The van der Waals surface area contributed by atoms with Gasteiger partial charge in [-0.05, 0) is 37.0 Å². The highest BCUT2D eigenvalue weighted by atomic mass is 32.2. The van der Waals surface area contributed by atoms with Crippen molar-refractivity contribution >= 4 is 22.0 Å². The van der Waals surface area contributed by atoms with Gasteiger partial charge in [0.15, 0.2) is 0 Å². The van der Waals surface area contributed by atoms with E-state index in [0.29, 0.717) is 25.6 Å². The molecule has 0 unspecified atom stereocenters. The maximum Gasteiger partial charge on any atom is 0.306 e. The molecule has 0 atom stereocenters. The molecule has 0 saturated carbocycles. The van der Waals surface area contributed by atoms with Crippen molar-refractivity contribution in [2.75, 3.05) is 19.4 Å². The number of esters is 1. The first-order valence-corrected chi connectivity index (χ1v) is 10.8. The number of amides is 1. The molecule has 1 rings (SSSR count). The number of carbonyl (C=O) groups excluding carboxylic acids is 2. The van der Waals surface area contributed by atoms with E-state index >= 15 is 0 Å². The summed E-state index contributed by atoms with van der Waals surface area (Å²) in [6.45, 7) is 7.16. The lowest BCUT2D eigenvalue weighted by Gasteiger charge is -2.24. The van der Waals surface area contributed by atoms with Crippen molar-refractivity contribution in [1.29, 1.82) is 0 Å². The molecule has 0 bridgehead atoms. The van der Waals surface area contributed by atoms with Crippen LogP contribution in [-0.2, 0) is 31.0 Å². The second kappa shape index (κ2) is 10.9. The van der Waals surface area contributed by atoms with E-state index in [2.05, 4.69) is 13.8 Å². The van der Waals surface area contributed by atoms with E-state index < -0.39 is 10.1 Å². The van der Waals surface area contributed by atoms with Crippen LogP contribution < -0.4 is 4.18 Å². The van der Waals surface area contributed by atoms with Crippen LogP contribution in [0.25, 0.3) is 0 Å². The molecule has 0 fully saturated rings. The Hall–Kier alpha value is -2.09. The van der Waals surface area contributed by atoms with Crippen molar-refractivity contribution in [3.63, 3.8) is 0 Å². The zero-order valence-corrected chi connectivity index (χ0v) is 17.3. The summed E-state index contributed by atoms with van der Waals surface area (Å²) in [5, 5.41) is 0. The lowest BCUT2D eigenvalue weighted by Crippen LogP contribution is -2.32. The minimum absolute atomic E-state index is 0.0615. The van der Waals surface area contributed by atoms with Crippen LogP contribution in [0.2, 0.25) is 0 Å². The maximum atomic E-state index is 12.5. The summed E-state index contributed by atoms with van der Waals surface area (Å²) >= 11 is 0. The lowest BCUT2D eigenvalue weighted by molar-refractivity contribution is -0.145. The Morgan fingerprint density at radius 1 is 1.11 bits per heavy atom. The van der Waals surface area contributed by atoms with Gasteiger partial charge in [0.1, 0.15) is 5.75 Å². The molecule has 1 aromatic carbocycles. The molecular formula is C19H29NO6S. The van der Waals surface area contributed by atoms with Gasteiger partial charge in [-0.3, -0.25) is 9.59 Å². The number of carbonyl (C=O) groups is 2. The fourth-order valence-corrected chi connectivity index (χ4v) is 2.81. The molecule has 27 heavy (non-hydrogen) atoms. The van der Waals surface area contributed by atoms with Gasteiger partial charge in [0.05, 0.1) is 19.3 Å². The third-order valence-electron chi connectivity index (χ3n) is 3.72. The smallest absolute Gasteiger partial charge is 0.306 e. The normalized spacial score (nSPS) is 11.3. The molecule has 1 aromatic rings. The summed E-state index contributed by atoms with van der Waals surface area (Å²) in [4.78, 5) is 25.7. The molecule has 0 saturated heterocycles. The van der Waals surface area contributed by atoms with Crippen LogP contribution in [0.4, 0.5) is 0 Å². The van der Waals surface area contributed by atoms with E-state index in [1.54, 1.807) is 36.1 Å². The van der Waals surface area contributed by atoms with E-state index in [9.17, 15) is 18.0 Å². The first-order chi connectivity index (χ1) is 12.6. The van der Waals surface area contributed by atoms with Crippen LogP contribution in [0, 0.1) is 5.92 Å². The standard InChI is InChI=1S/C19H29NO6S/c1-5-25-19(22)11-10-18(21)20(13-12-15(2)3)14-16-6-8-17(9-7-16)26-27(4,23)24/h6-9,15H,5,10-14H2,1-4H3. The second-order valence-corrected chi connectivity index (χ2v) is 8.31. The molecule has 0 aromatic heterocycles. The molecule has 0 N–H and O–H groups in total. The third-order valence-corrected chi connectivity index (χ3v) is 4.22. The quantitative estimate of drug-likeness (QED) is 0.420. The van der Waals surface area contributed by atoms with Crippen LogP contribution in [0.1, 0.15) is 45.6 Å². The van der Waals surface area contributed by atoms with Crippen molar-refractivity contribution in [3.8, 4) is 5.75 Å². The number of hydrogen-bond acceptors (Lipinski definition) is 6. The Morgan fingerprint density at radius 2 is 1.74 bits per heavy atom. The molecular weight excluding hydrogens is 370 g/mol. The number of hydrogen-bond donors (Lipinski definition) is 0. The van der Waals surface area contributed by atoms with Gasteiger partial charge in [-0.1, -0.05) is 26.0 Å².